The second-order valence-corrected chi connectivity index (χ2v) is 12.0. The molecule has 5 fully saturated rings. The first kappa shape index (κ1) is 21.0. The molecule has 0 aromatic carbocycles. The van der Waals surface area contributed by atoms with Crippen LogP contribution in [0.1, 0.15) is 91.4 Å². The van der Waals surface area contributed by atoms with Crippen LogP contribution in [-0.4, -0.2) is 37.0 Å². The fraction of sp³-hybridized carbons (Fsp3) is 0.923. The third-order valence-corrected chi connectivity index (χ3v) is 10.7. The van der Waals surface area contributed by atoms with E-state index in [0.29, 0.717) is 23.0 Å². The standard InChI is InChI=1S/C26H41NO3/c1-17(28)30-19-9-11-25(2)18(15-19)7-8-20-21(25)10-12-26(3)22(20)16-23(24(26)29)27-13-5-4-6-14-27/h18-23H,4-16H2,1-3H3/p+1/t18-,19+,20-,21-,22+,23-,25-,26-/m0/s1. The number of fused-ring (bicyclic) bond motifs is 5. The number of hydrogen-bond donors (Lipinski definition) is 1. The van der Waals surface area contributed by atoms with Crippen LogP contribution in [0.3, 0.4) is 0 Å². The minimum absolute atomic E-state index is 0.0611. The van der Waals surface area contributed by atoms with Gasteiger partial charge in [0.05, 0.1) is 13.1 Å². The summed E-state index contributed by atoms with van der Waals surface area (Å²) in [5, 5.41) is 0. The summed E-state index contributed by atoms with van der Waals surface area (Å²) >= 11 is 0. The number of nitrogens with one attached hydrogen (secondary N) is 1. The second-order valence-electron chi connectivity index (χ2n) is 12.0. The van der Waals surface area contributed by atoms with E-state index < -0.39 is 0 Å². The number of quaternary nitrogens is 1. The zero-order valence-corrected chi connectivity index (χ0v) is 19.4. The van der Waals surface area contributed by atoms with E-state index in [9.17, 15) is 9.59 Å². The Bertz CT molecular complexity index is 700. The number of rotatable bonds is 2. The summed E-state index contributed by atoms with van der Waals surface area (Å²) < 4.78 is 5.62. The smallest absolute Gasteiger partial charge is 0.302 e. The molecule has 30 heavy (non-hydrogen) atoms. The number of esters is 1. The van der Waals surface area contributed by atoms with Gasteiger partial charge < -0.3 is 9.64 Å². The fourth-order valence-electron chi connectivity index (χ4n) is 9.09. The number of Topliss-reactive ketones (excluding diaryl/α,β-unsaturated/α-hetero) is 1. The average molecular weight is 417 g/mol. The van der Waals surface area contributed by atoms with Gasteiger partial charge in [0, 0.05) is 18.8 Å². The third-order valence-electron chi connectivity index (χ3n) is 10.7. The van der Waals surface area contributed by atoms with E-state index in [2.05, 4.69) is 13.8 Å². The molecule has 1 heterocycles. The number of carbonyl (C=O) groups is 2. The maximum Gasteiger partial charge on any atom is 0.302 e. The van der Waals surface area contributed by atoms with Crippen LogP contribution in [0.25, 0.3) is 0 Å². The minimum atomic E-state index is -0.124. The minimum Gasteiger partial charge on any atom is -0.463 e. The highest BCUT2D eigenvalue weighted by Gasteiger charge is 2.64. The predicted molar refractivity (Wildman–Crippen MR) is 116 cm³/mol. The van der Waals surface area contributed by atoms with Crippen LogP contribution in [0.2, 0.25) is 0 Å². The van der Waals surface area contributed by atoms with Crippen molar-refractivity contribution in [2.75, 3.05) is 13.1 Å². The number of piperidine rings is 1. The number of ether oxygens (including phenoxy) is 1. The van der Waals surface area contributed by atoms with Gasteiger partial charge in [0.15, 0.2) is 5.78 Å². The van der Waals surface area contributed by atoms with Gasteiger partial charge in [-0.1, -0.05) is 13.8 Å². The van der Waals surface area contributed by atoms with Crippen LogP contribution in [0.5, 0.6) is 0 Å². The first-order chi connectivity index (χ1) is 14.3. The molecule has 4 heteroatoms. The van der Waals surface area contributed by atoms with Crippen LogP contribution in [0, 0.1) is 34.5 Å². The highest BCUT2D eigenvalue weighted by atomic mass is 16.5. The van der Waals surface area contributed by atoms with E-state index in [-0.39, 0.29) is 23.5 Å². The van der Waals surface area contributed by atoms with Crippen molar-refractivity contribution in [2.24, 2.45) is 34.5 Å². The molecule has 1 N–H and O–H groups in total. The zero-order chi connectivity index (χ0) is 21.1. The van der Waals surface area contributed by atoms with Gasteiger partial charge >= 0.3 is 5.97 Å². The molecule has 0 bridgehead atoms. The molecule has 0 radical (unpaired) electrons. The van der Waals surface area contributed by atoms with Crippen LogP contribution >= 0.6 is 0 Å². The van der Waals surface area contributed by atoms with Crippen molar-refractivity contribution in [2.45, 2.75) is 104 Å². The summed E-state index contributed by atoms with van der Waals surface area (Å²) in [7, 11) is 0. The molecule has 0 spiro atoms. The van der Waals surface area contributed by atoms with Gasteiger partial charge in [-0.05, 0) is 93.3 Å². The van der Waals surface area contributed by atoms with Crippen LogP contribution < -0.4 is 4.90 Å². The van der Waals surface area contributed by atoms with Crippen molar-refractivity contribution in [3.05, 3.63) is 0 Å². The van der Waals surface area contributed by atoms with Gasteiger partial charge in [-0.3, -0.25) is 9.59 Å². The van der Waals surface area contributed by atoms with Crippen molar-refractivity contribution in [3.8, 4) is 0 Å². The molecule has 4 nitrogen and oxygen atoms in total. The van der Waals surface area contributed by atoms with Gasteiger partial charge in [-0.15, -0.1) is 0 Å². The number of ketones is 1. The molecule has 1 saturated heterocycles. The summed E-state index contributed by atoms with van der Waals surface area (Å²) in [5.74, 6) is 3.27. The maximum absolute atomic E-state index is 13.7. The molecule has 5 aliphatic rings. The summed E-state index contributed by atoms with van der Waals surface area (Å²) in [6.45, 7) is 8.86. The van der Waals surface area contributed by atoms with Crippen molar-refractivity contribution in [3.63, 3.8) is 0 Å². The molecular weight excluding hydrogens is 374 g/mol. The van der Waals surface area contributed by atoms with Gasteiger partial charge in [0.25, 0.3) is 0 Å². The Morgan fingerprint density at radius 1 is 0.967 bits per heavy atom. The molecule has 0 aromatic rings. The Kier molecular flexibility index (Phi) is 5.31. The van der Waals surface area contributed by atoms with Crippen molar-refractivity contribution in [1.29, 1.82) is 0 Å². The summed E-state index contributed by atoms with van der Waals surface area (Å²) in [6, 6.07) is 0.282. The second kappa shape index (κ2) is 7.60. The first-order valence-electron chi connectivity index (χ1n) is 12.9. The van der Waals surface area contributed by atoms with Crippen LogP contribution in [0.15, 0.2) is 0 Å². The lowest BCUT2D eigenvalue weighted by atomic mass is 9.45. The maximum atomic E-state index is 13.7. The molecule has 0 unspecified atom stereocenters. The molecule has 0 amide bonds. The monoisotopic (exact) mass is 416 g/mol. The van der Waals surface area contributed by atoms with Crippen LogP contribution in [-0.2, 0) is 14.3 Å². The van der Waals surface area contributed by atoms with E-state index in [1.165, 1.54) is 58.0 Å². The number of carbonyl (C=O) groups excluding carboxylic acids is 2. The van der Waals surface area contributed by atoms with Gasteiger partial charge in [0.1, 0.15) is 12.1 Å². The highest BCUT2D eigenvalue weighted by Crippen LogP contribution is 2.65. The van der Waals surface area contributed by atoms with E-state index in [0.717, 1.165) is 37.5 Å². The van der Waals surface area contributed by atoms with E-state index >= 15 is 0 Å². The van der Waals surface area contributed by atoms with E-state index in [1.807, 2.05) is 0 Å². The van der Waals surface area contributed by atoms with Crippen molar-refractivity contribution in [1.82, 2.24) is 0 Å². The van der Waals surface area contributed by atoms with E-state index in [1.54, 1.807) is 11.8 Å². The Labute approximate surface area is 182 Å². The molecule has 5 rings (SSSR count). The lowest BCUT2D eigenvalue weighted by Crippen LogP contribution is -3.17. The summed E-state index contributed by atoms with van der Waals surface area (Å²) in [6.07, 6.45) is 13.4. The molecule has 8 atom stereocenters. The average Bonchev–Trinajstić information content (AvgIpc) is 3.00. The summed E-state index contributed by atoms with van der Waals surface area (Å²) in [5.41, 5.74) is 0.314. The van der Waals surface area contributed by atoms with Crippen LogP contribution in [0.4, 0.5) is 0 Å². The molecule has 4 saturated carbocycles. The molecule has 4 aliphatic carbocycles. The van der Waals surface area contributed by atoms with Crippen molar-refractivity contribution >= 4 is 11.8 Å². The van der Waals surface area contributed by atoms with Crippen molar-refractivity contribution < 1.29 is 19.2 Å². The molecular formula is C26H42NO3+. The topological polar surface area (TPSA) is 47.8 Å². The predicted octanol–water partition coefficient (Wildman–Crippen LogP) is 3.58. The Morgan fingerprint density at radius 3 is 2.47 bits per heavy atom. The molecule has 0 aromatic heterocycles. The largest absolute Gasteiger partial charge is 0.463 e. The molecule has 1 aliphatic heterocycles. The lowest BCUT2D eigenvalue weighted by molar-refractivity contribution is -0.920. The quantitative estimate of drug-likeness (QED) is 0.700. The van der Waals surface area contributed by atoms with Gasteiger partial charge in [0.2, 0.25) is 0 Å². The SMILES string of the molecule is CC(=O)O[C@@H]1CC[C@@]2(C)[C@@H](CC[C@@H]3[C@H]4C[C@H]([NH+]5CCCCC5)C(=O)[C@@]4(C)CC[C@@H]32)C1. The van der Waals surface area contributed by atoms with E-state index in [4.69, 9.17) is 4.74 Å². The molecule has 168 valence electrons. The number of hydrogen-bond acceptors (Lipinski definition) is 3. The van der Waals surface area contributed by atoms with Gasteiger partial charge in [-0.25, -0.2) is 0 Å². The Hall–Kier alpha value is -0.900. The highest BCUT2D eigenvalue weighted by molar-refractivity contribution is 5.91. The number of likely N-dealkylation sites (tertiary alicyclic amines) is 1. The zero-order valence-electron chi connectivity index (χ0n) is 19.4. The normalized spacial score (nSPS) is 49.1. The summed E-state index contributed by atoms with van der Waals surface area (Å²) in [4.78, 5) is 26.8. The van der Waals surface area contributed by atoms with Gasteiger partial charge in [-0.2, -0.15) is 0 Å². The third kappa shape index (κ3) is 3.19. The fourth-order valence-corrected chi connectivity index (χ4v) is 9.09. The Morgan fingerprint density at radius 2 is 1.73 bits per heavy atom. The Balaban J connectivity index is 1.35. The first-order valence-corrected chi connectivity index (χ1v) is 12.9. The lowest BCUT2D eigenvalue weighted by Gasteiger charge is -2.60.